The lowest BCUT2D eigenvalue weighted by Crippen LogP contribution is -2.21. The fourth-order valence-electron chi connectivity index (χ4n) is 2.11. The van der Waals surface area contributed by atoms with E-state index in [0.717, 1.165) is 11.1 Å². The largest absolute Gasteiger partial charge is 0.452 e. The molecule has 0 saturated carbocycles. The topological polar surface area (TPSA) is 55.4 Å². The van der Waals surface area contributed by atoms with Crippen molar-refractivity contribution in [1.82, 2.24) is 0 Å². The van der Waals surface area contributed by atoms with Crippen molar-refractivity contribution in [2.45, 2.75) is 13.8 Å². The zero-order valence-corrected chi connectivity index (χ0v) is 15.2. The molecule has 126 valence electrons. The molecule has 24 heavy (non-hydrogen) atoms. The predicted octanol–water partition coefficient (Wildman–Crippen LogP) is 5.06. The molecule has 2 aromatic carbocycles. The van der Waals surface area contributed by atoms with E-state index in [1.165, 1.54) is 18.2 Å². The van der Waals surface area contributed by atoms with Crippen LogP contribution in [0.4, 0.5) is 5.69 Å². The van der Waals surface area contributed by atoms with Crippen molar-refractivity contribution in [2.75, 3.05) is 11.9 Å². The van der Waals surface area contributed by atoms with E-state index in [0.29, 0.717) is 15.7 Å². The van der Waals surface area contributed by atoms with E-state index < -0.39 is 18.5 Å². The average Bonchev–Trinajstić information content (AvgIpc) is 2.48. The smallest absolute Gasteiger partial charge is 0.340 e. The Kier molecular flexibility index (Phi) is 6.10. The normalized spacial score (nSPS) is 10.4. The Labute approximate surface area is 154 Å². The lowest BCUT2D eigenvalue weighted by molar-refractivity contribution is -0.119. The van der Waals surface area contributed by atoms with Crippen LogP contribution in [0.15, 0.2) is 30.3 Å². The molecule has 0 aromatic heterocycles. The first-order valence-electron chi connectivity index (χ1n) is 6.96. The molecule has 4 nitrogen and oxygen atoms in total. The number of amides is 1. The van der Waals surface area contributed by atoms with Crippen LogP contribution in [0.25, 0.3) is 0 Å². The van der Waals surface area contributed by atoms with Gasteiger partial charge in [0, 0.05) is 5.02 Å². The number of anilines is 1. The summed E-state index contributed by atoms with van der Waals surface area (Å²) in [5.74, 6) is -1.21. The highest BCUT2D eigenvalue weighted by atomic mass is 35.5. The molecule has 7 heteroatoms. The van der Waals surface area contributed by atoms with Crippen molar-refractivity contribution in [2.24, 2.45) is 0 Å². The Balaban J connectivity index is 2.00. The van der Waals surface area contributed by atoms with Gasteiger partial charge in [0.25, 0.3) is 5.91 Å². The first-order valence-corrected chi connectivity index (χ1v) is 8.10. The van der Waals surface area contributed by atoms with Gasteiger partial charge in [0.15, 0.2) is 6.61 Å². The van der Waals surface area contributed by atoms with Crippen LogP contribution in [-0.4, -0.2) is 18.5 Å². The van der Waals surface area contributed by atoms with E-state index in [4.69, 9.17) is 39.5 Å². The molecular weight excluding hydrogens is 373 g/mol. The van der Waals surface area contributed by atoms with E-state index in [2.05, 4.69) is 5.32 Å². The highest BCUT2D eigenvalue weighted by molar-refractivity contribution is 6.36. The standard InChI is InChI=1S/C17H14Cl3NO3/c1-9-5-10(2)16(14(20)6-9)21-15(22)8-24-17(23)12-4-3-11(18)7-13(12)19/h3-7H,8H2,1-2H3,(H,21,22). The number of benzene rings is 2. The van der Waals surface area contributed by atoms with Crippen LogP contribution in [0.1, 0.15) is 21.5 Å². The summed E-state index contributed by atoms with van der Waals surface area (Å²) in [4.78, 5) is 23.9. The molecule has 0 bridgehead atoms. The minimum absolute atomic E-state index is 0.137. The van der Waals surface area contributed by atoms with Gasteiger partial charge < -0.3 is 10.1 Å². The molecule has 0 spiro atoms. The van der Waals surface area contributed by atoms with E-state index in [-0.39, 0.29) is 10.6 Å². The summed E-state index contributed by atoms with van der Waals surface area (Å²) in [6, 6.07) is 8.01. The molecule has 0 aliphatic carbocycles. The predicted molar refractivity (Wildman–Crippen MR) is 96.3 cm³/mol. The minimum atomic E-state index is -0.710. The summed E-state index contributed by atoms with van der Waals surface area (Å²) in [6.07, 6.45) is 0. The molecular formula is C17H14Cl3NO3. The Morgan fingerprint density at radius 2 is 1.75 bits per heavy atom. The Hall–Kier alpha value is -1.75. The van der Waals surface area contributed by atoms with E-state index >= 15 is 0 Å². The Morgan fingerprint density at radius 3 is 2.38 bits per heavy atom. The van der Waals surface area contributed by atoms with Crippen LogP contribution < -0.4 is 5.32 Å². The maximum atomic E-state index is 12.0. The number of nitrogens with one attached hydrogen (secondary N) is 1. The zero-order chi connectivity index (χ0) is 17.9. The van der Waals surface area contributed by atoms with Crippen molar-refractivity contribution in [3.05, 3.63) is 62.1 Å². The van der Waals surface area contributed by atoms with Crippen LogP contribution in [0.3, 0.4) is 0 Å². The molecule has 0 radical (unpaired) electrons. The van der Waals surface area contributed by atoms with Crippen molar-refractivity contribution >= 4 is 52.4 Å². The van der Waals surface area contributed by atoms with Crippen LogP contribution in [0.2, 0.25) is 15.1 Å². The molecule has 2 rings (SSSR count). The first-order chi connectivity index (χ1) is 11.3. The van der Waals surface area contributed by atoms with Gasteiger partial charge in [-0.1, -0.05) is 40.9 Å². The molecule has 0 aliphatic rings. The zero-order valence-electron chi connectivity index (χ0n) is 13.0. The molecule has 0 unspecified atom stereocenters. The van der Waals surface area contributed by atoms with Crippen LogP contribution in [-0.2, 0) is 9.53 Å². The fraction of sp³-hybridized carbons (Fsp3) is 0.176. The van der Waals surface area contributed by atoms with Crippen molar-refractivity contribution in [1.29, 1.82) is 0 Å². The van der Waals surface area contributed by atoms with Crippen LogP contribution >= 0.6 is 34.8 Å². The lowest BCUT2D eigenvalue weighted by Gasteiger charge is -2.12. The summed E-state index contributed by atoms with van der Waals surface area (Å²) in [5.41, 5.74) is 2.44. The highest BCUT2D eigenvalue weighted by Crippen LogP contribution is 2.27. The molecule has 0 fully saturated rings. The van der Waals surface area contributed by atoms with Crippen LogP contribution in [0, 0.1) is 13.8 Å². The van der Waals surface area contributed by atoms with Gasteiger partial charge in [0.2, 0.25) is 0 Å². The van der Waals surface area contributed by atoms with Gasteiger partial charge in [-0.15, -0.1) is 0 Å². The molecule has 0 atom stereocenters. The van der Waals surface area contributed by atoms with E-state index in [9.17, 15) is 9.59 Å². The van der Waals surface area contributed by atoms with Crippen LogP contribution in [0.5, 0.6) is 0 Å². The second-order valence-corrected chi connectivity index (χ2v) is 6.44. The first kappa shape index (κ1) is 18.6. The summed E-state index contributed by atoms with van der Waals surface area (Å²) < 4.78 is 4.96. The molecule has 0 heterocycles. The Bertz CT molecular complexity index is 783. The number of carbonyl (C=O) groups is 2. The number of carbonyl (C=O) groups excluding carboxylic acids is 2. The monoisotopic (exact) mass is 385 g/mol. The molecule has 0 aliphatic heterocycles. The van der Waals surface area contributed by atoms with Gasteiger partial charge >= 0.3 is 5.97 Å². The Morgan fingerprint density at radius 1 is 1.04 bits per heavy atom. The van der Waals surface area contributed by atoms with Gasteiger partial charge in [-0.25, -0.2) is 4.79 Å². The summed E-state index contributed by atoms with van der Waals surface area (Å²) in [6.45, 7) is 3.28. The van der Waals surface area contributed by atoms with Crippen molar-refractivity contribution < 1.29 is 14.3 Å². The average molecular weight is 387 g/mol. The molecule has 1 N–H and O–H groups in total. The molecule has 0 saturated heterocycles. The highest BCUT2D eigenvalue weighted by Gasteiger charge is 2.15. The van der Waals surface area contributed by atoms with Crippen molar-refractivity contribution in [3.8, 4) is 0 Å². The number of esters is 1. The van der Waals surface area contributed by atoms with Gasteiger partial charge in [-0.05, 0) is 49.2 Å². The lowest BCUT2D eigenvalue weighted by atomic mass is 10.1. The molecule has 2 aromatic rings. The summed E-state index contributed by atoms with van der Waals surface area (Å²) >= 11 is 17.8. The second-order valence-electron chi connectivity index (χ2n) is 5.19. The second kappa shape index (κ2) is 7.88. The third kappa shape index (κ3) is 4.63. The maximum absolute atomic E-state index is 12.0. The summed E-state index contributed by atoms with van der Waals surface area (Å²) in [5, 5.41) is 3.62. The van der Waals surface area contributed by atoms with Gasteiger partial charge in [-0.3, -0.25) is 4.79 Å². The summed E-state index contributed by atoms with van der Waals surface area (Å²) in [7, 11) is 0. The van der Waals surface area contributed by atoms with Crippen molar-refractivity contribution in [3.63, 3.8) is 0 Å². The fourth-order valence-corrected chi connectivity index (χ4v) is 2.97. The number of halogens is 3. The maximum Gasteiger partial charge on any atom is 0.340 e. The minimum Gasteiger partial charge on any atom is -0.452 e. The van der Waals surface area contributed by atoms with E-state index in [1.54, 1.807) is 6.07 Å². The van der Waals surface area contributed by atoms with E-state index in [1.807, 2.05) is 19.9 Å². The third-order valence-electron chi connectivity index (χ3n) is 3.18. The quantitative estimate of drug-likeness (QED) is 0.747. The molecule has 1 amide bonds. The number of ether oxygens (including phenoxy) is 1. The van der Waals surface area contributed by atoms with Gasteiger partial charge in [0.1, 0.15) is 0 Å². The van der Waals surface area contributed by atoms with Gasteiger partial charge in [-0.2, -0.15) is 0 Å². The SMILES string of the molecule is Cc1cc(C)c(NC(=O)COC(=O)c2ccc(Cl)cc2Cl)c(Cl)c1. The third-order valence-corrected chi connectivity index (χ3v) is 4.03. The number of aryl methyl sites for hydroxylation is 2. The van der Waals surface area contributed by atoms with Gasteiger partial charge in [0.05, 0.1) is 21.3 Å². The number of hydrogen-bond acceptors (Lipinski definition) is 3. The number of hydrogen-bond donors (Lipinski definition) is 1. The number of rotatable bonds is 4.